The van der Waals surface area contributed by atoms with Crippen molar-refractivity contribution in [3.05, 3.63) is 89.0 Å². The van der Waals surface area contributed by atoms with E-state index in [0.717, 1.165) is 12.1 Å². The Morgan fingerprint density at radius 3 is 2.39 bits per heavy atom. The van der Waals surface area contributed by atoms with Crippen LogP contribution in [0.1, 0.15) is 67.7 Å². The summed E-state index contributed by atoms with van der Waals surface area (Å²) in [5, 5.41) is 3.77. The SMILES string of the molecule is CSNC(=O)c1ccc2c(c1)CC(C)(C)C(c1cccc(-c3ccc(C(C)(C)C)cc3)c1)N2. The van der Waals surface area contributed by atoms with Crippen LogP contribution in [0.5, 0.6) is 0 Å². The van der Waals surface area contributed by atoms with Crippen molar-refractivity contribution in [2.45, 2.75) is 52.5 Å². The Hall–Kier alpha value is -2.72. The summed E-state index contributed by atoms with van der Waals surface area (Å²) in [7, 11) is 0. The molecule has 2 N–H and O–H groups in total. The number of amides is 1. The summed E-state index contributed by atoms with van der Waals surface area (Å²) < 4.78 is 2.81. The zero-order valence-corrected chi connectivity index (χ0v) is 21.3. The molecular weight excluding hydrogens is 424 g/mol. The van der Waals surface area contributed by atoms with E-state index in [4.69, 9.17) is 0 Å². The van der Waals surface area contributed by atoms with Crippen LogP contribution in [0.3, 0.4) is 0 Å². The molecule has 0 saturated carbocycles. The minimum absolute atomic E-state index is 0.00365. The van der Waals surface area contributed by atoms with Gasteiger partial charge in [-0.25, -0.2) is 0 Å². The Balaban J connectivity index is 1.63. The van der Waals surface area contributed by atoms with Crippen LogP contribution in [0, 0.1) is 5.41 Å². The van der Waals surface area contributed by atoms with Gasteiger partial charge in [-0.1, -0.05) is 89.0 Å². The van der Waals surface area contributed by atoms with Crippen molar-refractivity contribution >= 4 is 23.5 Å². The first-order chi connectivity index (χ1) is 15.6. The van der Waals surface area contributed by atoms with Gasteiger partial charge in [0, 0.05) is 17.5 Å². The molecule has 1 amide bonds. The van der Waals surface area contributed by atoms with E-state index in [2.05, 4.69) is 93.2 Å². The molecule has 33 heavy (non-hydrogen) atoms. The molecule has 0 radical (unpaired) electrons. The van der Waals surface area contributed by atoms with Gasteiger partial charge in [-0.2, -0.15) is 0 Å². The fourth-order valence-corrected chi connectivity index (χ4v) is 5.02. The molecule has 4 rings (SSSR count). The van der Waals surface area contributed by atoms with Crippen LogP contribution in [0.25, 0.3) is 11.1 Å². The molecule has 172 valence electrons. The van der Waals surface area contributed by atoms with Gasteiger partial charge < -0.3 is 5.32 Å². The molecule has 3 aromatic rings. The van der Waals surface area contributed by atoms with Crippen molar-refractivity contribution in [2.75, 3.05) is 11.6 Å². The van der Waals surface area contributed by atoms with Crippen LogP contribution in [0.2, 0.25) is 0 Å². The van der Waals surface area contributed by atoms with Crippen LogP contribution >= 0.6 is 11.9 Å². The number of rotatable bonds is 4. The quantitative estimate of drug-likeness (QED) is 0.400. The molecule has 4 heteroatoms. The zero-order chi connectivity index (χ0) is 23.8. The zero-order valence-electron chi connectivity index (χ0n) is 20.5. The molecule has 0 bridgehead atoms. The Kier molecular flexibility index (Phi) is 6.32. The summed E-state index contributed by atoms with van der Waals surface area (Å²) in [6.07, 6.45) is 2.77. The van der Waals surface area contributed by atoms with Crippen LogP contribution < -0.4 is 10.0 Å². The molecule has 0 aromatic heterocycles. The van der Waals surface area contributed by atoms with Gasteiger partial charge in [0.2, 0.25) is 0 Å². The second-order valence-electron chi connectivity index (χ2n) is 10.7. The van der Waals surface area contributed by atoms with E-state index < -0.39 is 0 Å². The van der Waals surface area contributed by atoms with Crippen LogP contribution in [0.15, 0.2) is 66.7 Å². The third-order valence-electron chi connectivity index (χ3n) is 6.59. The predicted molar refractivity (Wildman–Crippen MR) is 142 cm³/mol. The fourth-order valence-electron chi connectivity index (χ4n) is 4.71. The molecule has 1 atom stereocenters. The highest BCUT2D eigenvalue weighted by atomic mass is 32.2. The monoisotopic (exact) mass is 458 g/mol. The smallest absolute Gasteiger partial charge is 0.261 e. The number of hydrogen-bond acceptors (Lipinski definition) is 3. The summed E-state index contributed by atoms with van der Waals surface area (Å²) in [5.41, 5.74) is 8.27. The first kappa shape index (κ1) is 23.4. The van der Waals surface area contributed by atoms with Crippen LogP contribution in [-0.4, -0.2) is 12.2 Å². The first-order valence-electron chi connectivity index (χ1n) is 11.5. The van der Waals surface area contributed by atoms with Gasteiger partial charge in [0.1, 0.15) is 0 Å². The van der Waals surface area contributed by atoms with E-state index in [9.17, 15) is 4.79 Å². The van der Waals surface area contributed by atoms with Gasteiger partial charge >= 0.3 is 0 Å². The molecule has 3 nitrogen and oxygen atoms in total. The second kappa shape index (κ2) is 8.90. The van der Waals surface area contributed by atoms with Crippen molar-refractivity contribution in [3.63, 3.8) is 0 Å². The van der Waals surface area contributed by atoms with E-state index >= 15 is 0 Å². The van der Waals surface area contributed by atoms with Gasteiger partial charge in [-0.3, -0.25) is 9.52 Å². The average Bonchev–Trinajstić information content (AvgIpc) is 2.77. The molecule has 0 aliphatic carbocycles. The van der Waals surface area contributed by atoms with E-state index in [1.807, 2.05) is 24.5 Å². The maximum atomic E-state index is 12.3. The highest BCUT2D eigenvalue weighted by Crippen LogP contribution is 2.45. The lowest BCUT2D eigenvalue weighted by molar-refractivity contribution is 0.0984. The molecule has 3 aromatic carbocycles. The lowest BCUT2D eigenvalue weighted by atomic mass is 9.72. The van der Waals surface area contributed by atoms with Gasteiger partial charge in [-0.15, -0.1) is 0 Å². The van der Waals surface area contributed by atoms with Crippen molar-refractivity contribution in [2.24, 2.45) is 5.41 Å². The van der Waals surface area contributed by atoms with Gasteiger partial charge in [-0.05, 0) is 69.3 Å². The Morgan fingerprint density at radius 2 is 1.73 bits per heavy atom. The standard InChI is InChI=1S/C29H34N2OS/c1-28(2,3)24-13-10-19(11-14-24)20-8-7-9-21(16-20)26-29(4,5)18-23-17-22(27(32)31-33-6)12-15-25(23)30-26/h7-17,26,30H,18H2,1-6H3,(H,31,32). The van der Waals surface area contributed by atoms with E-state index in [-0.39, 0.29) is 22.8 Å². The molecule has 0 spiro atoms. The second-order valence-corrected chi connectivity index (χ2v) is 11.3. The fraction of sp³-hybridized carbons (Fsp3) is 0.345. The third-order valence-corrected chi connectivity index (χ3v) is 6.98. The summed E-state index contributed by atoms with van der Waals surface area (Å²) in [5.74, 6) is -0.0459. The number of carbonyl (C=O) groups is 1. The maximum Gasteiger partial charge on any atom is 0.261 e. The number of fused-ring (bicyclic) bond motifs is 1. The molecule has 1 heterocycles. The number of nitrogens with one attached hydrogen (secondary N) is 2. The molecule has 0 fully saturated rings. The van der Waals surface area contributed by atoms with Gasteiger partial charge in [0.25, 0.3) is 5.91 Å². The first-order valence-corrected chi connectivity index (χ1v) is 12.7. The maximum absolute atomic E-state index is 12.3. The topological polar surface area (TPSA) is 41.1 Å². The Morgan fingerprint density at radius 1 is 1.00 bits per heavy atom. The van der Waals surface area contributed by atoms with E-state index in [1.54, 1.807) is 0 Å². The van der Waals surface area contributed by atoms with Gasteiger partial charge in [0.15, 0.2) is 0 Å². The highest BCUT2D eigenvalue weighted by Gasteiger charge is 2.36. The van der Waals surface area contributed by atoms with Crippen LogP contribution in [0.4, 0.5) is 5.69 Å². The molecular formula is C29H34N2OS. The summed E-state index contributed by atoms with van der Waals surface area (Å²) in [6.45, 7) is 11.3. The van der Waals surface area contributed by atoms with Crippen molar-refractivity contribution in [3.8, 4) is 11.1 Å². The molecule has 1 aliphatic rings. The molecule has 0 saturated heterocycles. The summed E-state index contributed by atoms with van der Waals surface area (Å²) in [6, 6.07) is 24.0. The largest absolute Gasteiger partial charge is 0.377 e. The average molecular weight is 459 g/mol. The van der Waals surface area contributed by atoms with Crippen molar-refractivity contribution < 1.29 is 4.79 Å². The number of hydrogen-bond donors (Lipinski definition) is 2. The Labute approximate surface area is 202 Å². The lowest BCUT2D eigenvalue weighted by Crippen LogP contribution is -2.35. The van der Waals surface area contributed by atoms with E-state index in [1.165, 1.54) is 39.8 Å². The van der Waals surface area contributed by atoms with E-state index in [0.29, 0.717) is 5.56 Å². The number of anilines is 1. The van der Waals surface area contributed by atoms with Crippen molar-refractivity contribution in [1.29, 1.82) is 0 Å². The Bertz CT molecular complexity index is 1160. The molecule has 1 aliphatic heterocycles. The number of benzene rings is 3. The summed E-state index contributed by atoms with van der Waals surface area (Å²) >= 11 is 1.33. The third kappa shape index (κ3) is 4.96. The van der Waals surface area contributed by atoms with Crippen LogP contribution in [-0.2, 0) is 11.8 Å². The van der Waals surface area contributed by atoms with Crippen molar-refractivity contribution in [1.82, 2.24) is 4.72 Å². The lowest BCUT2D eigenvalue weighted by Gasteiger charge is -2.41. The number of carbonyl (C=O) groups excluding carboxylic acids is 1. The minimum atomic E-state index is -0.0459. The molecule has 1 unspecified atom stereocenters. The van der Waals surface area contributed by atoms with Gasteiger partial charge in [0.05, 0.1) is 6.04 Å². The highest BCUT2D eigenvalue weighted by molar-refractivity contribution is 7.97. The predicted octanol–water partition coefficient (Wildman–Crippen LogP) is 7.39. The normalized spacial score (nSPS) is 17.1. The summed E-state index contributed by atoms with van der Waals surface area (Å²) in [4.78, 5) is 12.3. The minimum Gasteiger partial charge on any atom is -0.377 e.